The first-order valence-corrected chi connectivity index (χ1v) is 9.74. The highest BCUT2D eigenvalue weighted by atomic mass is 79.9. The SMILES string of the molecule is Nc1ccc(C(c2ccccc2)(c2ccccc2)c2ccccc2)cc1Br. The molecule has 4 aromatic carbocycles. The predicted octanol–water partition coefficient (Wildman–Crippen LogP) is 6.41. The Morgan fingerprint density at radius 3 is 1.30 bits per heavy atom. The quantitative estimate of drug-likeness (QED) is 0.303. The predicted molar refractivity (Wildman–Crippen MR) is 117 cm³/mol. The minimum Gasteiger partial charge on any atom is -0.398 e. The molecule has 0 aliphatic heterocycles. The molecule has 27 heavy (non-hydrogen) atoms. The number of halogens is 1. The summed E-state index contributed by atoms with van der Waals surface area (Å²) in [7, 11) is 0. The van der Waals surface area contributed by atoms with Crippen LogP contribution in [0.2, 0.25) is 0 Å². The topological polar surface area (TPSA) is 26.0 Å². The first kappa shape index (κ1) is 17.6. The summed E-state index contributed by atoms with van der Waals surface area (Å²) in [5, 5.41) is 0. The maximum atomic E-state index is 6.10. The van der Waals surface area contributed by atoms with Crippen molar-refractivity contribution >= 4 is 21.6 Å². The molecule has 0 bridgehead atoms. The lowest BCUT2D eigenvalue weighted by molar-refractivity contribution is 0.744. The maximum Gasteiger partial charge on any atom is 0.0702 e. The van der Waals surface area contributed by atoms with Gasteiger partial charge in [0.15, 0.2) is 0 Å². The van der Waals surface area contributed by atoms with Crippen molar-refractivity contribution in [1.29, 1.82) is 0 Å². The second-order valence-electron chi connectivity index (χ2n) is 6.58. The summed E-state index contributed by atoms with van der Waals surface area (Å²) in [5.41, 5.74) is 11.2. The fourth-order valence-electron chi connectivity index (χ4n) is 3.82. The summed E-state index contributed by atoms with van der Waals surface area (Å²) in [6.07, 6.45) is 0. The zero-order chi connectivity index (χ0) is 18.7. The number of hydrogen-bond acceptors (Lipinski definition) is 1. The Morgan fingerprint density at radius 2 is 0.926 bits per heavy atom. The van der Waals surface area contributed by atoms with Crippen LogP contribution in [0.1, 0.15) is 22.3 Å². The normalized spacial score (nSPS) is 11.3. The lowest BCUT2D eigenvalue weighted by Crippen LogP contribution is -2.31. The zero-order valence-corrected chi connectivity index (χ0v) is 16.4. The first-order chi connectivity index (χ1) is 13.2. The van der Waals surface area contributed by atoms with Crippen molar-refractivity contribution < 1.29 is 0 Å². The minimum absolute atomic E-state index is 0.431. The fraction of sp³-hybridized carbons (Fsp3) is 0.0400. The number of rotatable bonds is 4. The van der Waals surface area contributed by atoms with Gasteiger partial charge in [0.25, 0.3) is 0 Å². The molecule has 0 aliphatic rings. The van der Waals surface area contributed by atoms with Crippen molar-refractivity contribution in [2.24, 2.45) is 0 Å². The minimum atomic E-state index is -0.431. The van der Waals surface area contributed by atoms with Crippen molar-refractivity contribution in [2.75, 3.05) is 5.73 Å². The van der Waals surface area contributed by atoms with E-state index in [2.05, 4.69) is 119 Å². The molecule has 4 rings (SSSR count). The van der Waals surface area contributed by atoms with Crippen LogP contribution in [0.3, 0.4) is 0 Å². The average Bonchev–Trinajstić information content (AvgIpc) is 2.74. The van der Waals surface area contributed by atoms with Gasteiger partial charge in [-0.05, 0) is 50.3 Å². The van der Waals surface area contributed by atoms with E-state index < -0.39 is 5.41 Å². The fourth-order valence-corrected chi connectivity index (χ4v) is 4.20. The lowest BCUT2D eigenvalue weighted by atomic mass is 9.65. The van der Waals surface area contributed by atoms with Gasteiger partial charge in [-0.2, -0.15) is 0 Å². The molecule has 0 fully saturated rings. The standard InChI is InChI=1S/C25H20BrN/c26-23-18-22(16-17-24(23)27)25(19-10-4-1-5-11-19,20-12-6-2-7-13-20)21-14-8-3-9-15-21/h1-18H,27H2. The number of hydrogen-bond donors (Lipinski definition) is 1. The van der Waals surface area contributed by atoms with E-state index >= 15 is 0 Å². The second kappa shape index (κ2) is 7.42. The van der Waals surface area contributed by atoms with E-state index in [4.69, 9.17) is 5.73 Å². The van der Waals surface area contributed by atoms with Crippen LogP contribution in [0.5, 0.6) is 0 Å². The van der Waals surface area contributed by atoms with E-state index in [1.807, 2.05) is 6.07 Å². The van der Waals surface area contributed by atoms with Crippen LogP contribution in [-0.2, 0) is 5.41 Å². The van der Waals surface area contributed by atoms with Crippen molar-refractivity contribution in [3.63, 3.8) is 0 Å². The van der Waals surface area contributed by atoms with E-state index in [1.165, 1.54) is 22.3 Å². The van der Waals surface area contributed by atoms with Gasteiger partial charge in [-0.3, -0.25) is 0 Å². The second-order valence-corrected chi connectivity index (χ2v) is 7.44. The summed E-state index contributed by atoms with van der Waals surface area (Å²) >= 11 is 3.63. The van der Waals surface area contributed by atoms with Crippen LogP contribution in [0.15, 0.2) is 114 Å². The van der Waals surface area contributed by atoms with Gasteiger partial charge in [-0.15, -0.1) is 0 Å². The summed E-state index contributed by atoms with van der Waals surface area (Å²) in [6.45, 7) is 0. The average molecular weight is 414 g/mol. The monoisotopic (exact) mass is 413 g/mol. The Hall–Kier alpha value is -2.84. The first-order valence-electron chi connectivity index (χ1n) is 8.95. The van der Waals surface area contributed by atoms with E-state index in [9.17, 15) is 0 Å². The maximum absolute atomic E-state index is 6.10. The molecular formula is C25H20BrN. The molecule has 0 aliphatic carbocycles. The summed E-state index contributed by atoms with van der Waals surface area (Å²) < 4.78 is 0.909. The van der Waals surface area contributed by atoms with Gasteiger partial charge in [0, 0.05) is 10.2 Å². The van der Waals surface area contributed by atoms with Crippen molar-refractivity contribution in [2.45, 2.75) is 5.41 Å². The Labute approximate surface area is 168 Å². The van der Waals surface area contributed by atoms with Gasteiger partial charge in [-0.25, -0.2) is 0 Å². The third-order valence-corrected chi connectivity index (χ3v) is 5.74. The van der Waals surface area contributed by atoms with Gasteiger partial charge in [0.05, 0.1) is 5.41 Å². The Morgan fingerprint density at radius 1 is 0.519 bits per heavy atom. The van der Waals surface area contributed by atoms with Crippen LogP contribution in [0.4, 0.5) is 5.69 Å². The molecule has 0 unspecified atom stereocenters. The molecule has 2 N–H and O–H groups in total. The van der Waals surface area contributed by atoms with Crippen LogP contribution >= 0.6 is 15.9 Å². The van der Waals surface area contributed by atoms with Gasteiger partial charge < -0.3 is 5.73 Å². The molecule has 0 amide bonds. The molecule has 0 saturated carbocycles. The number of nitrogen functional groups attached to an aromatic ring is 1. The van der Waals surface area contributed by atoms with Gasteiger partial charge in [0.1, 0.15) is 0 Å². The Bertz CT molecular complexity index is 931. The zero-order valence-electron chi connectivity index (χ0n) is 14.8. The van der Waals surface area contributed by atoms with Crippen molar-refractivity contribution in [3.8, 4) is 0 Å². The Kier molecular flexibility index (Phi) is 4.83. The molecule has 132 valence electrons. The van der Waals surface area contributed by atoms with Crippen LogP contribution in [0.25, 0.3) is 0 Å². The highest BCUT2D eigenvalue weighted by Gasteiger charge is 2.38. The lowest BCUT2D eigenvalue weighted by Gasteiger charge is -2.37. The molecule has 2 heteroatoms. The van der Waals surface area contributed by atoms with Gasteiger partial charge in [0.2, 0.25) is 0 Å². The van der Waals surface area contributed by atoms with E-state index in [1.54, 1.807) is 0 Å². The summed E-state index contributed by atoms with van der Waals surface area (Å²) in [6, 6.07) is 38.2. The molecule has 0 atom stereocenters. The van der Waals surface area contributed by atoms with E-state index in [-0.39, 0.29) is 0 Å². The molecule has 0 heterocycles. The van der Waals surface area contributed by atoms with Gasteiger partial charge in [-0.1, -0.05) is 97.1 Å². The third-order valence-electron chi connectivity index (χ3n) is 5.05. The van der Waals surface area contributed by atoms with E-state index in [0.717, 1.165) is 10.2 Å². The molecule has 0 radical (unpaired) electrons. The number of anilines is 1. The number of benzene rings is 4. The van der Waals surface area contributed by atoms with Crippen molar-refractivity contribution in [1.82, 2.24) is 0 Å². The highest BCUT2D eigenvalue weighted by molar-refractivity contribution is 9.10. The molecule has 0 spiro atoms. The molecule has 0 saturated heterocycles. The Balaban J connectivity index is 2.14. The van der Waals surface area contributed by atoms with Crippen LogP contribution < -0.4 is 5.73 Å². The summed E-state index contributed by atoms with van der Waals surface area (Å²) in [5.74, 6) is 0. The van der Waals surface area contributed by atoms with Crippen LogP contribution in [-0.4, -0.2) is 0 Å². The molecular weight excluding hydrogens is 394 g/mol. The molecule has 4 aromatic rings. The van der Waals surface area contributed by atoms with E-state index in [0.29, 0.717) is 0 Å². The molecule has 0 aromatic heterocycles. The van der Waals surface area contributed by atoms with Crippen molar-refractivity contribution in [3.05, 3.63) is 136 Å². The van der Waals surface area contributed by atoms with Gasteiger partial charge >= 0.3 is 0 Å². The third kappa shape index (κ3) is 3.07. The largest absolute Gasteiger partial charge is 0.398 e. The smallest absolute Gasteiger partial charge is 0.0702 e. The molecule has 1 nitrogen and oxygen atoms in total. The van der Waals surface area contributed by atoms with Crippen LogP contribution in [0, 0.1) is 0 Å². The number of nitrogens with two attached hydrogens (primary N) is 1. The summed E-state index contributed by atoms with van der Waals surface area (Å²) in [4.78, 5) is 0. The highest BCUT2D eigenvalue weighted by Crippen LogP contribution is 2.45.